The summed E-state index contributed by atoms with van der Waals surface area (Å²) in [6, 6.07) is 7.94. The lowest BCUT2D eigenvalue weighted by molar-refractivity contribution is -0.118. The van der Waals surface area contributed by atoms with Gasteiger partial charge in [0.15, 0.2) is 5.13 Å². The van der Waals surface area contributed by atoms with Crippen molar-refractivity contribution in [1.82, 2.24) is 19.1 Å². The molecule has 3 heterocycles. The highest BCUT2D eigenvalue weighted by atomic mass is 32.1. The molecule has 1 N–H and O–H groups in total. The minimum Gasteiger partial charge on any atom is -0.347 e. The van der Waals surface area contributed by atoms with Crippen molar-refractivity contribution < 1.29 is 4.79 Å². The Bertz CT molecular complexity index is 1080. The number of hydrogen-bond acceptors (Lipinski definition) is 4. The maximum absolute atomic E-state index is 12.4. The number of rotatable bonds is 4. The third kappa shape index (κ3) is 2.70. The molecule has 4 rings (SSSR count). The first-order chi connectivity index (χ1) is 12.6. The van der Waals surface area contributed by atoms with E-state index in [1.807, 2.05) is 24.4 Å². The van der Waals surface area contributed by atoms with E-state index in [4.69, 9.17) is 0 Å². The Hall–Kier alpha value is -2.93. The van der Waals surface area contributed by atoms with E-state index in [-0.39, 0.29) is 11.9 Å². The van der Waals surface area contributed by atoms with Gasteiger partial charge >= 0.3 is 0 Å². The Morgan fingerprint density at radius 3 is 2.88 bits per heavy atom. The number of aryl methyl sites for hydroxylation is 1. The molecule has 3 aromatic heterocycles. The number of fused-ring (bicyclic) bond motifs is 1. The molecule has 0 aliphatic carbocycles. The molecule has 132 valence electrons. The van der Waals surface area contributed by atoms with Crippen molar-refractivity contribution in [3.05, 3.63) is 54.1 Å². The van der Waals surface area contributed by atoms with Gasteiger partial charge in [-0.1, -0.05) is 18.2 Å². The van der Waals surface area contributed by atoms with Crippen molar-refractivity contribution in [2.45, 2.75) is 19.9 Å². The fourth-order valence-electron chi connectivity index (χ4n) is 3.13. The molecule has 0 aliphatic heterocycles. The smallest absolute Gasteiger partial charge is 0.248 e. The largest absolute Gasteiger partial charge is 0.347 e. The maximum atomic E-state index is 12.4. The Labute approximate surface area is 155 Å². The summed E-state index contributed by atoms with van der Waals surface area (Å²) in [6.07, 6.45) is 5.07. The topological polar surface area (TPSA) is 64.7 Å². The number of carbonyl (C=O) groups is 1. The van der Waals surface area contributed by atoms with Gasteiger partial charge in [-0.2, -0.15) is 0 Å². The maximum Gasteiger partial charge on any atom is 0.248 e. The van der Waals surface area contributed by atoms with Crippen LogP contribution in [0.4, 0.5) is 5.13 Å². The first-order valence-corrected chi connectivity index (χ1v) is 9.22. The predicted molar refractivity (Wildman–Crippen MR) is 104 cm³/mol. The van der Waals surface area contributed by atoms with Crippen LogP contribution >= 0.6 is 11.3 Å². The number of aromatic nitrogens is 4. The zero-order chi connectivity index (χ0) is 18.3. The van der Waals surface area contributed by atoms with Gasteiger partial charge in [0, 0.05) is 47.0 Å². The highest BCUT2D eigenvalue weighted by molar-refractivity contribution is 7.14. The normalized spacial score (nSPS) is 12.4. The van der Waals surface area contributed by atoms with Crippen molar-refractivity contribution >= 4 is 33.3 Å². The number of anilines is 1. The van der Waals surface area contributed by atoms with Crippen molar-refractivity contribution in [2.24, 2.45) is 7.05 Å². The SMILES string of the molecule is Cc1c(-c2csc(NC(=O)[C@H](C)n3ccnc3)n2)c2ccccc2n1C. The molecular formula is C19H19N5OS. The van der Waals surface area contributed by atoms with Crippen LogP contribution in [-0.4, -0.2) is 25.0 Å². The van der Waals surface area contributed by atoms with Gasteiger partial charge in [0.25, 0.3) is 0 Å². The number of imidazole rings is 1. The summed E-state index contributed by atoms with van der Waals surface area (Å²) in [5.74, 6) is -0.112. The number of para-hydroxylation sites is 1. The molecule has 0 bridgehead atoms. The summed E-state index contributed by atoms with van der Waals surface area (Å²) in [5.41, 5.74) is 4.32. The molecule has 1 aromatic carbocycles. The number of benzene rings is 1. The van der Waals surface area contributed by atoms with Gasteiger partial charge in [-0.25, -0.2) is 9.97 Å². The second-order valence-electron chi connectivity index (χ2n) is 6.25. The number of amides is 1. The predicted octanol–water partition coefficient (Wildman–Crippen LogP) is 4.01. The van der Waals surface area contributed by atoms with Gasteiger partial charge in [0.1, 0.15) is 6.04 Å². The zero-order valence-corrected chi connectivity index (χ0v) is 15.6. The first kappa shape index (κ1) is 16.5. The Balaban J connectivity index is 1.63. The monoisotopic (exact) mass is 365 g/mol. The van der Waals surface area contributed by atoms with Gasteiger partial charge in [0.05, 0.1) is 12.0 Å². The summed E-state index contributed by atoms with van der Waals surface area (Å²) < 4.78 is 3.93. The Morgan fingerprint density at radius 2 is 2.12 bits per heavy atom. The van der Waals surface area contributed by atoms with E-state index in [0.717, 1.165) is 17.0 Å². The molecule has 0 aliphatic rings. The van der Waals surface area contributed by atoms with Gasteiger partial charge in [0.2, 0.25) is 5.91 Å². The minimum atomic E-state index is -0.343. The quantitative estimate of drug-likeness (QED) is 0.594. The Kier molecular flexibility index (Phi) is 4.08. The third-order valence-corrected chi connectivity index (χ3v) is 5.50. The van der Waals surface area contributed by atoms with Gasteiger partial charge in [-0.15, -0.1) is 11.3 Å². The van der Waals surface area contributed by atoms with Crippen LogP contribution in [0.1, 0.15) is 18.7 Å². The van der Waals surface area contributed by atoms with E-state index >= 15 is 0 Å². The van der Waals surface area contributed by atoms with Crippen LogP contribution in [0, 0.1) is 6.92 Å². The highest BCUT2D eigenvalue weighted by Gasteiger charge is 2.19. The molecule has 6 nitrogen and oxygen atoms in total. The van der Waals surface area contributed by atoms with E-state index in [0.29, 0.717) is 5.13 Å². The van der Waals surface area contributed by atoms with E-state index in [1.165, 1.54) is 22.2 Å². The highest BCUT2D eigenvalue weighted by Crippen LogP contribution is 2.35. The van der Waals surface area contributed by atoms with Gasteiger partial charge in [-0.05, 0) is 19.9 Å². The molecule has 0 saturated heterocycles. The van der Waals surface area contributed by atoms with Crippen LogP contribution in [0.2, 0.25) is 0 Å². The van der Waals surface area contributed by atoms with Crippen molar-refractivity contribution in [1.29, 1.82) is 0 Å². The second kappa shape index (κ2) is 6.42. The summed E-state index contributed by atoms with van der Waals surface area (Å²) in [7, 11) is 2.06. The summed E-state index contributed by atoms with van der Waals surface area (Å²) >= 11 is 1.44. The van der Waals surface area contributed by atoms with Crippen molar-refractivity contribution in [3.63, 3.8) is 0 Å². The zero-order valence-electron chi connectivity index (χ0n) is 14.8. The molecule has 1 amide bonds. The van der Waals surface area contributed by atoms with Crippen molar-refractivity contribution in [2.75, 3.05) is 5.32 Å². The summed E-state index contributed by atoms with van der Waals surface area (Å²) in [6.45, 7) is 3.93. The van der Waals surface area contributed by atoms with Crippen LogP contribution in [0.5, 0.6) is 0 Å². The molecule has 7 heteroatoms. The van der Waals surface area contributed by atoms with E-state index < -0.39 is 0 Å². The van der Waals surface area contributed by atoms with E-state index in [1.54, 1.807) is 23.3 Å². The second-order valence-corrected chi connectivity index (χ2v) is 7.11. The molecule has 26 heavy (non-hydrogen) atoms. The van der Waals surface area contributed by atoms with Crippen LogP contribution in [0.15, 0.2) is 48.4 Å². The average molecular weight is 365 g/mol. The molecule has 0 radical (unpaired) electrons. The molecule has 0 fully saturated rings. The molecule has 1 atom stereocenters. The number of hydrogen-bond donors (Lipinski definition) is 1. The lowest BCUT2D eigenvalue weighted by Crippen LogP contribution is -2.22. The van der Waals surface area contributed by atoms with E-state index in [9.17, 15) is 4.79 Å². The molecule has 0 saturated carbocycles. The van der Waals surface area contributed by atoms with Gasteiger partial charge < -0.3 is 14.5 Å². The number of thiazole rings is 1. The van der Waals surface area contributed by atoms with E-state index in [2.05, 4.69) is 46.0 Å². The average Bonchev–Trinajstić information content (AvgIpc) is 3.37. The fourth-order valence-corrected chi connectivity index (χ4v) is 3.84. The minimum absolute atomic E-state index is 0.112. The van der Waals surface area contributed by atoms with Gasteiger partial charge in [-0.3, -0.25) is 4.79 Å². The standard InChI is InChI=1S/C19H19N5OS/c1-12-17(14-6-4-5-7-16(14)23(12)3)15-10-26-19(21-15)22-18(25)13(2)24-9-8-20-11-24/h4-11,13H,1-3H3,(H,21,22,25)/t13-/m0/s1. The lowest BCUT2D eigenvalue weighted by Gasteiger charge is -2.11. The summed E-state index contributed by atoms with van der Waals surface area (Å²) in [4.78, 5) is 21.1. The molecule has 0 spiro atoms. The number of carbonyl (C=O) groups excluding carboxylic acids is 1. The van der Waals surface area contributed by atoms with Crippen LogP contribution in [0.3, 0.4) is 0 Å². The first-order valence-electron chi connectivity index (χ1n) is 8.34. The fraction of sp³-hybridized carbons (Fsp3) is 0.211. The molecular weight excluding hydrogens is 346 g/mol. The summed E-state index contributed by atoms with van der Waals surface area (Å²) in [5, 5.41) is 6.67. The van der Waals surface area contributed by atoms with Crippen LogP contribution in [-0.2, 0) is 11.8 Å². The lowest BCUT2D eigenvalue weighted by atomic mass is 10.1. The number of nitrogens with zero attached hydrogens (tertiary/aromatic N) is 4. The Morgan fingerprint density at radius 1 is 1.31 bits per heavy atom. The molecule has 4 aromatic rings. The van der Waals surface area contributed by atoms with Crippen LogP contribution < -0.4 is 5.32 Å². The van der Waals surface area contributed by atoms with Crippen LogP contribution in [0.25, 0.3) is 22.2 Å². The molecule has 0 unspecified atom stereocenters. The van der Waals surface area contributed by atoms with Crippen molar-refractivity contribution in [3.8, 4) is 11.3 Å². The number of nitrogens with one attached hydrogen (secondary N) is 1. The third-order valence-electron chi connectivity index (χ3n) is 4.74.